The topological polar surface area (TPSA) is 118 Å². The molecular formula is C14H9NO6. The number of nitrogens with zero attached hydrogens (tertiary/aromatic N) is 1. The summed E-state index contributed by atoms with van der Waals surface area (Å²) in [7, 11) is 0. The number of ketones is 2. The summed E-state index contributed by atoms with van der Waals surface area (Å²) in [5.41, 5.74) is -1.09. The lowest BCUT2D eigenvalue weighted by atomic mass is 10.0. The summed E-state index contributed by atoms with van der Waals surface area (Å²) in [5, 5.41) is 29.5. The molecule has 0 aliphatic heterocycles. The molecule has 0 amide bonds. The van der Waals surface area contributed by atoms with E-state index in [1.54, 1.807) is 18.2 Å². The minimum atomic E-state index is -1.01. The second kappa shape index (κ2) is 5.41. The molecule has 2 aromatic carbocycles. The molecule has 0 aliphatic rings. The minimum absolute atomic E-state index is 0.123. The quantitative estimate of drug-likeness (QED) is 0.292. The Morgan fingerprint density at radius 2 is 1.52 bits per heavy atom. The normalized spacial score (nSPS) is 10.1. The van der Waals surface area contributed by atoms with Crippen LogP contribution in [0.25, 0.3) is 0 Å². The maximum Gasteiger partial charge on any atom is 0.315 e. The van der Waals surface area contributed by atoms with Crippen LogP contribution in [0.4, 0.5) is 5.69 Å². The van der Waals surface area contributed by atoms with Crippen molar-refractivity contribution in [1.29, 1.82) is 0 Å². The molecule has 0 aromatic heterocycles. The summed E-state index contributed by atoms with van der Waals surface area (Å²) >= 11 is 0. The van der Waals surface area contributed by atoms with E-state index < -0.39 is 33.7 Å². The van der Waals surface area contributed by atoms with E-state index >= 15 is 0 Å². The number of hydrogen-bond donors (Lipinski definition) is 2. The van der Waals surface area contributed by atoms with Crippen LogP contribution in [0.3, 0.4) is 0 Å². The van der Waals surface area contributed by atoms with Crippen molar-refractivity contribution in [3.8, 4) is 11.5 Å². The first-order valence-electron chi connectivity index (χ1n) is 5.76. The molecule has 0 saturated heterocycles. The first-order chi connectivity index (χ1) is 9.91. The van der Waals surface area contributed by atoms with Crippen molar-refractivity contribution in [1.82, 2.24) is 0 Å². The van der Waals surface area contributed by atoms with Gasteiger partial charge in [0.15, 0.2) is 5.75 Å². The molecule has 7 heteroatoms. The van der Waals surface area contributed by atoms with Gasteiger partial charge in [-0.25, -0.2) is 0 Å². The van der Waals surface area contributed by atoms with Crippen molar-refractivity contribution in [2.45, 2.75) is 0 Å². The van der Waals surface area contributed by atoms with E-state index in [2.05, 4.69) is 0 Å². The van der Waals surface area contributed by atoms with E-state index in [0.717, 1.165) is 12.1 Å². The highest BCUT2D eigenvalue weighted by Crippen LogP contribution is 2.36. The Morgan fingerprint density at radius 1 is 0.952 bits per heavy atom. The first kappa shape index (κ1) is 14.2. The zero-order valence-electron chi connectivity index (χ0n) is 10.5. The zero-order valence-corrected chi connectivity index (χ0v) is 10.5. The summed E-state index contributed by atoms with van der Waals surface area (Å²) in [5.74, 6) is -3.67. The predicted molar refractivity (Wildman–Crippen MR) is 71.5 cm³/mol. The number of hydrogen-bond acceptors (Lipinski definition) is 6. The first-order valence-corrected chi connectivity index (χ1v) is 5.76. The Bertz CT molecular complexity index is 739. The Hall–Kier alpha value is -3.22. The second-order valence-corrected chi connectivity index (χ2v) is 4.14. The molecule has 0 atom stereocenters. The molecule has 0 bridgehead atoms. The number of nitro groups is 1. The lowest BCUT2D eigenvalue weighted by molar-refractivity contribution is -0.386. The number of carbonyl (C=O) groups is 2. The van der Waals surface area contributed by atoms with Crippen LogP contribution in [0, 0.1) is 10.1 Å². The number of carbonyl (C=O) groups excluding carboxylic acids is 2. The average Bonchev–Trinajstić information content (AvgIpc) is 2.49. The number of Topliss-reactive ketones (excluding diaryl/α,β-unsaturated/α-hetero) is 2. The van der Waals surface area contributed by atoms with Gasteiger partial charge in [0.05, 0.1) is 4.92 Å². The third-order valence-corrected chi connectivity index (χ3v) is 2.77. The van der Waals surface area contributed by atoms with Crippen LogP contribution in [0.2, 0.25) is 0 Å². The summed E-state index contributed by atoms with van der Waals surface area (Å²) in [6.45, 7) is 0. The Kier molecular flexibility index (Phi) is 3.66. The van der Waals surface area contributed by atoms with E-state index in [1.165, 1.54) is 12.1 Å². The molecule has 0 heterocycles. The highest BCUT2D eigenvalue weighted by molar-refractivity contribution is 6.49. The summed E-state index contributed by atoms with van der Waals surface area (Å²) in [6, 6.07) is 9.21. The van der Waals surface area contributed by atoms with Gasteiger partial charge >= 0.3 is 5.69 Å². The van der Waals surface area contributed by atoms with E-state index in [1.807, 2.05) is 0 Å². The fourth-order valence-electron chi connectivity index (χ4n) is 1.73. The smallest absolute Gasteiger partial charge is 0.315 e. The molecule has 2 aromatic rings. The number of benzene rings is 2. The summed E-state index contributed by atoms with van der Waals surface area (Å²) < 4.78 is 0. The number of aromatic hydroxyl groups is 2. The Labute approximate surface area is 118 Å². The van der Waals surface area contributed by atoms with Crippen LogP contribution in [0.1, 0.15) is 20.7 Å². The van der Waals surface area contributed by atoms with Crippen LogP contribution in [0.15, 0.2) is 42.5 Å². The van der Waals surface area contributed by atoms with E-state index in [0.29, 0.717) is 0 Å². The van der Waals surface area contributed by atoms with Crippen molar-refractivity contribution >= 4 is 17.3 Å². The summed E-state index contributed by atoms with van der Waals surface area (Å²) in [4.78, 5) is 33.7. The van der Waals surface area contributed by atoms with Gasteiger partial charge < -0.3 is 10.2 Å². The molecule has 0 fully saturated rings. The number of phenols is 2. The fraction of sp³-hybridized carbons (Fsp3) is 0. The van der Waals surface area contributed by atoms with Crippen LogP contribution in [-0.4, -0.2) is 26.7 Å². The van der Waals surface area contributed by atoms with Gasteiger partial charge in [-0.15, -0.1) is 0 Å². The molecule has 0 spiro atoms. The van der Waals surface area contributed by atoms with Crippen LogP contribution < -0.4 is 0 Å². The van der Waals surface area contributed by atoms with E-state index in [9.17, 15) is 29.9 Å². The number of phenolic OH excluding ortho intramolecular Hbond substituents is 2. The highest BCUT2D eigenvalue weighted by Gasteiger charge is 2.25. The fourth-order valence-corrected chi connectivity index (χ4v) is 1.73. The third-order valence-electron chi connectivity index (χ3n) is 2.77. The summed E-state index contributed by atoms with van der Waals surface area (Å²) in [6.07, 6.45) is 0. The van der Waals surface area contributed by atoms with Crippen LogP contribution in [-0.2, 0) is 0 Å². The van der Waals surface area contributed by atoms with Crippen molar-refractivity contribution in [2.24, 2.45) is 0 Å². The number of rotatable bonds is 4. The SMILES string of the molecule is O=C(C(=O)c1cc(O)c(O)c([N+](=O)[O-])c1)c1ccccc1. The Balaban J connectivity index is 2.45. The predicted octanol–water partition coefficient (Wildman–Crippen LogP) is 2.07. The van der Waals surface area contributed by atoms with Gasteiger partial charge in [-0.1, -0.05) is 30.3 Å². The van der Waals surface area contributed by atoms with Crippen molar-refractivity contribution in [2.75, 3.05) is 0 Å². The maximum atomic E-state index is 12.0. The molecule has 2 N–H and O–H groups in total. The zero-order chi connectivity index (χ0) is 15.6. The highest BCUT2D eigenvalue weighted by atomic mass is 16.6. The van der Waals surface area contributed by atoms with Crippen molar-refractivity contribution in [3.05, 3.63) is 63.7 Å². The van der Waals surface area contributed by atoms with Gasteiger partial charge in [0.25, 0.3) is 0 Å². The molecule has 7 nitrogen and oxygen atoms in total. The maximum absolute atomic E-state index is 12.0. The second-order valence-electron chi connectivity index (χ2n) is 4.14. The molecule has 0 radical (unpaired) electrons. The molecule has 0 aliphatic carbocycles. The molecule has 0 unspecified atom stereocenters. The van der Waals surface area contributed by atoms with E-state index in [-0.39, 0.29) is 11.1 Å². The van der Waals surface area contributed by atoms with Crippen LogP contribution >= 0.6 is 0 Å². The largest absolute Gasteiger partial charge is 0.504 e. The Morgan fingerprint density at radius 3 is 2.10 bits per heavy atom. The van der Waals surface area contributed by atoms with Gasteiger partial charge in [-0.05, 0) is 6.07 Å². The standard InChI is InChI=1S/C14H9NO6/c16-11-7-9(6-10(14(11)19)15(20)21)13(18)12(17)8-4-2-1-3-5-8/h1-7,16,19H. The van der Waals surface area contributed by atoms with Crippen LogP contribution in [0.5, 0.6) is 11.5 Å². The van der Waals surface area contributed by atoms with Gasteiger partial charge in [-0.2, -0.15) is 0 Å². The van der Waals surface area contributed by atoms with Gasteiger partial charge in [-0.3, -0.25) is 19.7 Å². The monoisotopic (exact) mass is 287 g/mol. The molecule has 21 heavy (non-hydrogen) atoms. The minimum Gasteiger partial charge on any atom is -0.504 e. The number of nitro benzene ring substituents is 1. The average molecular weight is 287 g/mol. The molecule has 0 saturated carbocycles. The third kappa shape index (κ3) is 2.71. The van der Waals surface area contributed by atoms with Gasteiger partial charge in [0.2, 0.25) is 17.3 Å². The van der Waals surface area contributed by atoms with Crippen molar-refractivity contribution < 1.29 is 24.7 Å². The van der Waals surface area contributed by atoms with Gasteiger partial charge in [0.1, 0.15) is 0 Å². The molecule has 2 rings (SSSR count). The lowest BCUT2D eigenvalue weighted by Gasteiger charge is -2.04. The molecule has 106 valence electrons. The van der Waals surface area contributed by atoms with Crippen molar-refractivity contribution in [3.63, 3.8) is 0 Å². The lowest BCUT2D eigenvalue weighted by Crippen LogP contribution is -2.14. The van der Waals surface area contributed by atoms with E-state index in [4.69, 9.17) is 0 Å². The van der Waals surface area contributed by atoms with Gasteiger partial charge in [0, 0.05) is 17.2 Å². The molecular weight excluding hydrogens is 278 g/mol.